The van der Waals surface area contributed by atoms with E-state index in [1.807, 2.05) is 31.3 Å². The fourth-order valence-electron chi connectivity index (χ4n) is 2.09. The maximum absolute atomic E-state index is 5.73. The molecule has 0 unspecified atom stereocenters. The number of furan rings is 1. The van der Waals surface area contributed by atoms with Crippen LogP contribution in [0.3, 0.4) is 0 Å². The first kappa shape index (κ1) is 10.1. The van der Waals surface area contributed by atoms with Crippen molar-refractivity contribution in [1.82, 2.24) is 9.55 Å². The Morgan fingerprint density at radius 3 is 2.94 bits per heavy atom. The van der Waals surface area contributed by atoms with E-state index in [1.54, 1.807) is 12.5 Å². The fraction of sp³-hybridized carbons (Fsp3) is 0.154. The van der Waals surface area contributed by atoms with Crippen LogP contribution in [0.4, 0.5) is 0 Å². The van der Waals surface area contributed by atoms with E-state index in [0.29, 0.717) is 6.54 Å². The van der Waals surface area contributed by atoms with E-state index in [2.05, 4.69) is 9.55 Å². The lowest BCUT2D eigenvalue weighted by molar-refractivity contribution is 0.567. The molecule has 0 amide bonds. The van der Waals surface area contributed by atoms with Gasteiger partial charge in [-0.05, 0) is 17.7 Å². The van der Waals surface area contributed by atoms with Gasteiger partial charge in [0.25, 0.3) is 0 Å². The second kappa shape index (κ2) is 3.75. The number of nitrogens with zero attached hydrogens (tertiary/aromatic N) is 2. The minimum Gasteiger partial charge on any atom is -0.472 e. The molecule has 86 valence electrons. The third-order valence-corrected chi connectivity index (χ3v) is 2.99. The van der Waals surface area contributed by atoms with Gasteiger partial charge in [0.2, 0.25) is 0 Å². The molecule has 3 rings (SSSR count). The monoisotopic (exact) mass is 227 g/mol. The van der Waals surface area contributed by atoms with Crippen molar-refractivity contribution < 1.29 is 4.42 Å². The van der Waals surface area contributed by atoms with Crippen molar-refractivity contribution >= 4 is 11.0 Å². The van der Waals surface area contributed by atoms with Crippen molar-refractivity contribution in [2.75, 3.05) is 0 Å². The van der Waals surface area contributed by atoms with E-state index in [0.717, 1.165) is 28.0 Å². The van der Waals surface area contributed by atoms with Gasteiger partial charge in [-0.25, -0.2) is 4.98 Å². The number of hydrogen-bond donors (Lipinski definition) is 1. The van der Waals surface area contributed by atoms with Crippen LogP contribution >= 0.6 is 0 Å². The second-order valence-corrected chi connectivity index (χ2v) is 4.00. The summed E-state index contributed by atoms with van der Waals surface area (Å²) in [6.45, 7) is 0.499. The molecule has 0 bridgehead atoms. The zero-order valence-corrected chi connectivity index (χ0v) is 9.55. The number of aryl methyl sites for hydroxylation is 1. The average Bonchev–Trinajstić information content (AvgIpc) is 2.97. The fourth-order valence-corrected chi connectivity index (χ4v) is 2.09. The summed E-state index contributed by atoms with van der Waals surface area (Å²) >= 11 is 0. The number of para-hydroxylation sites is 1. The van der Waals surface area contributed by atoms with E-state index >= 15 is 0 Å². The van der Waals surface area contributed by atoms with Crippen LogP contribution in [0.25, 0.3) is 22.4 Å². The lowest BCUT2D eigenvalue weighted by Gasteiger charge is -1.99. The van der Waals surface area contributed by atoms with Crippen LogP contribution in [0.15, 0.2) is 41.2 Å². The Morgan fingerprint density at radius 2 is 2.24 bits per heavy atom. The molecule has 0 fully saturated rings. The van der Waals surface area contributed by atoms with Crippen LogP contribution in [0.5, 0.6) is 0 Å². The first-order chi connectivity index (χ1) is 8.31. The van der Waals surface area contributed by atoms with E-state index in [4.69, 9.17) is 10.2 Å². The average molecular weight is 227 g/mol. The molecule has 17 heavy (non-hydrogen) atoms. The Kier molecular flexibility index (Phi) is 2.23. The summed E-state index contributed by atoms with van der Waals surface area (Å²) in [5.74, 6) is 0.898. The van der Waals surface area contributed by atoms with E-state index in [9.17, 15) is 0 Å². The normalized spacial score (nSPS) is 11.2. The molecule has 0 atom stereocenters. The highest BCUT2D eigenvalue weighted by Gasteiger charge is 2.12. The highest BCUT2D eigenvalue weighted by molar-refractivity contribution is 5.83. The smallest absolute Gasteiger partial charge is 0.144 e. The molecule has 4 nitrogen and oxygen atoms in total. The Bertz CT molecular complexity index is 653. The highest BCUT2D eigenvalue weighted by atomic mass is 16.3. The lowest BCUT2D eigenvalue weighted by atomic mass is 10.2. The molecule has 1 aromatic carbocycles. The molecular weight excluding hydrogens is 214 g/mol. The predicted molar refractivity (Wildman–Crippen MR) is 66.3 cm³/mol. The quantitative estimate of drug-likeness (QED) is 0.730. The predicted octanol–water partition coefficient (Wildman–Crippen LogP) is 2.29. The second-order valence-electron chi connectivity index (χ2n) is 4.00. The van der Waals surface area contributed by atoms with E-state index < -0.39 is 0 Å². The van der Waals surface area contributed by atoms with Crippen LogP contribution in [0, 0.1) is 0 Å². The largest absolute Gasteiger partial charge is 0.472 e. The zero-order chi connectivity index (χ0) is 11.8. The summed E-state index contributed by atoms with van der Waals surface area (Å²) in [6, 6.07) is 7.97. The number of nitrogens with two attached hydrogens (primary N) is 1. The molecule has 0 saturated carbocycles. The van der Waals surface area contributed by atoms with Crippen LogP contribution in [0.2, 0.25) is 0 Å². The van der Waals surface area contributed by atoms with Gasteiger partial charge in [-0.3, -0.25) is 0 Å². The molecule has 4 heteroatoms. The third kappa shape index (κ3) is 1.45. The summed E-state index contributed by atoms with van der Waals surface area (Å²) in [5.41, 5.74) is 9.82. The topological polar surface area (TPSA) is 57.0 Å². The molecule has 0 aliphatic carbocycles. The van der Waals surface area contributed by atoms with Crippen molar-refractivity contribution in [2.24, 2.45) is 12.8 Å². The molecule has 2 aromatic heterocycles. The molecule has 2 N–H and O–H groups in total. The lowest BCUT2D eigenvalue weighted by Crippen LogP contribution is -1.97. The molecule has 3 aromatic rings. The Hall–Kier alpha value is -2.07. The Labute approximate surface area is 98.7 Å². The summed E-state index contributed by atoms with van der Waals surface area (Å²) in [5, 5.41) is 0. The van der Waals surface area contributed by atoms with Crippen LogP contribution in [-0.2, 0) is 13.6 Å². The number of rotatable bonds is 2. The first-order valence-corrected chi connectivity index (χ1v) is 5.48. The summed E-state index contributed by atoms with van der Waals surface area (Å²) in [4.78, 5) is 4.65. The van der Waals surface area contributed by atoms with Gasteiger partial charge in [0.15, 0.2) is 0 Å². The van der Waals surface area contributed by atoms with Crippen molar-refractivity contribution in [1.29, 1.82) is 0 Å². The number of hydrogen-bond acceptors (Lipinski definition) is 3. The highest BCUT2D eigenvalue weighted by Crippen LogP contribution is 2.25. The van der Waals surface area contributed by atoms with Crippen LogP contribution < -0.4 is 5.73 Å². The van der Waals surface area contributed by atoms with Gasteiger partial charge >= 0.3 is 0 Å². The van der Waals surface area contributed by atoms with Crippen molar-refractivity contribution in [3.05, 3.63) is 42.4 Å². The summed E-state index contributed by atoms with van der Waals surface area (Å²) in [7, 11) is 2.00. The van der Waals surface area contributed by atoms with Gasteiger partial charge < -0.3 is 14.7 Å². The SMILES string of the molecule is Cn1c(-c2ccoc2)nc2c(CN)cccc21. The van der Waals surface area contributed by atoms with Gasteiger partial charge in [0, 0.05) is 13.6 Å². The minimum absolute atomic E-state index is 0.499. The van der Waals surface area contributed by atoms with E-state index in [1.165, 1.54) is 0 Å². The molecular formula is C13H13N3O. The number of aromatic nitrogens is 2. The summed E-state index contributed by atoms with van der Waals surface area (Å²) < 4.78 is 7.15. The number of imidazole rings is 1. The molecule has 0 saturated heterocycles. The minimum atomic E-state index is 0.499. The van der Waals surface area contributed by atoms with Gasteiger partial charge in [0.05, 0.1) is 22.9 Å². The Balaban J connectivity index is 2.32. The van der Waals surface area contributed by atoms with Crippen LogP contribution in [-0.4, -0.2) is 9.55 Å². The van der Waals surface area contributed by atoms with Crippen LogP contribution in [0.1, 0.15) is 5.56 Å². The zero-order valence-electron chi connectivity index (χ0n) is 9.55. The maximum atomic E-state index is 5.73. The van der Waals surface area contributed by atoms with Crippen molar-refractivity contribution in [3.8, 4) is 11.4 Å². The summed E-state index contributed by atoms with van der Waals surface area (Å²) in [6.07, 6.45) is 3.35. The third-order valence-electron chi connectivity index (χ3n) is 2.99. The van der Waals surface area contributed by atoms with Gasteiger partial charge in [-0.15, -0.1) is 0 Å². The van der Waals surface area contributed by atoms with Crippen molar-refractivity contribution in [2.45, 2.75) is 6.54 Å². The molecule has 0 aliphatic heterocycles. The standard InChI is InChI=1S/C13H13N3O/c1-16-11-4-2-3-9(7-14)12(11)15-13(16)10-5-6-17-8-10/h2-6,8H,7,14H2,1H3. The Morgan fingerprint density at radius 1 is 1.35 bits per heavy atom. The number of benzene rings is 1. The van der Waals surface area contributed by atoms with Crippen molar-refractivity contribution in [3.63, 3.8) is 0 Å². The van der Waals surface area contributed by atoms with Gasteiger partial charge in [-0.1, -0.05) is 12.1 Å². The maximum Gasteiger partial charge on any atom is 0.144 e. The number of fused-ring (bicyclic) bond motifs is 1. The molecule has 0 radical (unpaired) electrons. The first-order valence-electron chi connectivity index (χ1n) is 5.48. The molecule has 2 heterocycles. The van der Waals surface area contributed by atoms with Gasteiger partial charge in [-0.2, -0.15) is 0 Å². The van der Waals surface area contributed by atoms with Gasteiger partial charge in [0.1, 0.15) is 12.1 Å². The molecule has 0 aliphatic rings. The van der Waals surface area contributed by atoms with E-state index in [-0.39, 0.29) is 0 Å². The molecule has 0 spiro atoms.